The highest BCUT2D eigenvalue weighted by atomic mass is 35.5. The summed E-state index contributed by atoms with van der Waals surface area (Å²) in [6, 6.07) is 4.41. The van der Waals surface area contributed by atoms with Crippen molar-refractivity contribution in [3.05, 3.63) is 23.8 Å². The van der Waals surface area contributed by atoms with Gasteiger partial charge in [-0.3, -0.25) is 4.79 Å². The highest BCUT2D eigenvalue weighted by Crippen LogP contribution is 2.25. The minimum atomic E-state index is 0.0399. The van der Waals surface area contributed by atoms with E-state index in [1.165, 1.54) is 25.3 Å². The Balaban J connectivity index is 0.000000362. The molecule has 0 aliphatic rings. The fraction of sp³-hybridized carbons (Fsp3) is 0.500. The second-order valence-electron chi connectivity index (χ2n) is 3.88. The van der Waals surface area contributed by atoms with Crippen molar-refractivity contribution in [2.24, 2.45) is 0 Å². The number of aliphatic hydroxyl groups excluding tert-OH is 1. The van der Waals surface area contributed by atoms with Crippen LogP contribution in [0, 0.1) is 0 Å². The standard InChI is InChI=1S/C8H8O3.C6H13ClO/c1-11-8-4-6(5-9)2-3-7(8)10;7-5-3-1-2-4-6-8/h2-5,10H,1H3;8H,1-6H2. The monoisotopic (exact) mass is 288 g/mol. The van der Waals surface area contributed by atoms with Gasteiger partial charge in [-0.1, -0.05) is 12.8 Å². The van der Waals surface area contributed by atoms with Gasteiger partial charge in [0.1, 0.15) is 6.29 Å². The molecule has 2 N–H and O–H groups in total. The van der Waals surface area contributed by atoms with Crippen LogP contribution in [0.15, 0.2) is 18.2 Å². The van der Waals surface area contributed by atoms with Crippen LogP contribution in [0.5, 0.6) is 11.5 Å². The number of carbonyl (C=O) groups is 1. The molecule has 0 unspecified atom stereocenters. The van der Waals surface area contributed by atoms with E-state index in [-0.39, 0.29) is 5.75 Å². The molecule has 0 aliphatic carbocycles. The summed E-state index contributed by atoms with van der Waals surface area (Å²) in [5, 5.41) is 17.4. The molecule has 4 nitrogen and oxygen atoms in total. The molecule has 5 heteroatoms. The van der Waals surface area contributed by atoms with Crippen molar-refractivity contribution in [2.75, 3.05) is 19.6 Å². The predicted molar refractivity (Wildman–Crippen MR) is 76.3 cm³/mol. The lowest BCUT2D eigenvalue weighted by Crippen LogP contribution is -1.85. The quantitative estimate of drug-likeness (QED) is 0.460. The van der Waals surface area contributed by atoms with Gasteiger partial charge in [0.15, 0.2) is 11.5 Å². The number of phenols is 1. The third-order valence-electron chi connectivity index (χ3n) is 2.38. The van der Waals surface area contributed by atoms with E-state index in [9.17, 15) is 4.79 Å². The number of rotatable bonds is 7. The Kier molecular flexibility index (Phi) is 11.0. The van der Waals surface area contributed by atoms with Crippen LogP contribution < -0.4 is 4.74 Å². The van der Waals surface area contributed by atoms with Crippen LogP contribution in [0.3, 0.4) is 0 Å². The zero-order valence-electron chi connectivity index (χ0n) is 11.1. The van der Waals surface area contributed by atoms with Crippen molar-refractivity contribution in [1.82, 2.24) is 0 Å². The summed E-state index contributed by atoms with van der Waals surface area (Å²) >= 11 is 5.42. The summed E-state index contributed by atoms with van der Waals surface area (Å²) in [5.41, 5.74) is 0.486. The maximum atomic E-state index is 10.2. The van der Waals surface area contributed by atoms with Crippen LogP contribution in [0.1, 0.15) is 36.0 Å². The number of phenolic OH excluding ortho intramolecular Hbond substituents is 1. The molecule has 0 aromatic heterocycles. The van der Waals surface area contributed by atoms with E-state index in [2.05, 4.69) is 0 Å². The van der Waals surface area contributed by atoms with Crippen molar-refractivity contribution >= 4 is 17.9 Å². The van der Waals surface area contributed by atoms with E-state index in [1.54, 1.807) is 0 Å². The molecule has 0 bridgehead atoms. The van der Waals surface area contributed by atoms with E-state index in [1.807, 2.05) is 0 Å². The lowest BCUT2D eigenvalue weighted by Gasteiger charge is -2.01. The number of benzene rings is 1. The van der Waals surface area contributed by atoms with Gasteiger partial charge in [-0.05, 0) is 31.0 Å². The summed E-state index contributed by atoms with van der Waals surface area (Å²) in [7, 11) is 1.43. The first-order chi connectivity index (χ1) is 9.19. The maximum Gasteiger partial charge on any atom is 0.161 e. The number of ether oxygens (including phenoxy) is 1. The molecule has 0 heterocycles. The van der Waals surface area contributed by atoms with E-state index >= 15 is 0 Å². The lowest BCUT2D eigenvalue weighted by molar-refractivity contribution is 0.112. The first-order valence-corrected chi connectivity index (χ1v) is 6.72. The number of unbranched alkanes of at least 4 members (excludes halogenated alkanes) is 3. The topological polar surface area (TPSA) is 66.8 Å². The van der Waals surface area contributed by atoms with Crippen LogP contribution in [0.25, 0.3) is 0 Å². The Morgan fingerprint density at radius 3 is 2.47 bits per heavy atom. The van der Waals surface area contributed by atoms with Gasteiger partial charge >= 0.3 is 0 Å². The molecule has 1 rings (SSSR count). The van der Waals surface area contributed by atoms with Gasteiger partial charge in [-0.15, -0.1) is 11.6 Å². The van der Waals surface area contributed by atoms with Crippen molar-refractivity contribution in [1.29, 1.82) is 0 Å². The molecule has 0 saturated heterocycles. The molecule has 0 atom stereocenters. The summed E-state index contributed by atoms with van der Waals surface area (Å²) in [4.78, 5) is 10.2. The van der Waals surface area contributed by atoms with Gasteiger partial charge in [0.25, 0.3) is 0 Å². The Morgan fingerprint density at radius 2 is 1.95 bits per heavy atom. The fourth-order valence-electron chi connectivity index (χ4n) is 1.33. The van der Waals surface area contributed by atoms with Crippen LogP contribution in [-0.4, -0.2) is 36.1 Å². The zero-order chi connectivity index (χ0) is 14.5. The lowest BCUT2D eigenvalue weighted by atomic mass is 10.2. The zero-order valence-corrected chi connectivity index (χ0v) is 11.9. The number of aromatic hydroxyl groups is 1. The molecule has 0 amide bonds. The number of halogens is 1. The van der Waals surface area contributed by atoms with Gasteiger partial charge < -0.3 is 14.9 Å². The SMILES string of the molecule is COc1cc(C=O)ccc1O.OCCCCCCCl. The number of methoxy groups -OCH3 is 1. The first-order valence-electron chi connectivity index (χ1n) is 6.18. The number of hydrogen-bond donors (Lipinski definition) is 2. The Bertz CT molecular complexity index is 349. The number of aldehydes is 1. The molecule has 0 saturated carbocycles. The highest BCUT2D eigenvalue weighted by molar-refractivity contribution is 6.17. The Hall–Kier alpha value is -1.26. The van der Waals surface area contributed by atoms with Crippen molar-refractivity contribution in [2.45, 2.75) is 25.7 Å². The smallest absolute Gasteiger partial charge is 0.161 e. The van der Waals surface area contributed by atoms with Crippen LogP contribution in [0.4, 0.5) is 0 Å². The van der Waals surface area contributed by atoms with Crippen LogP contribution in [0.2, 0.25) is 0 Å². The number of alkyl halides is 1. The number of hydrogen-bond acceptors (Lipinski definition) is 4. The van der Waals surface area contributed by atoms with Crippen LogP contribution >= 0.6 is 11.6 Å². The summed E-state index contributed by atoms with van der Waals surface area (Å²) in [5.74, 6) is 1.11. The average Bonchev–Trinajstić information content (AvgIpc) is 2.45. The van der Waals surface area contributed by atoms with E-state index in [4.69, 9.17) is 26.6 Å². The second kappa shape index (κ2) is 11.8. The molecule has 1 aromatic carbocycles. The molecule has 0 aliphatic heterocycles. The van der Waals surface area contributed by atoms with Gasteiger partial charge in [0.05, 0.1) is 7.11 Å². The molecular weight excluding hydrogens is 268 g/mol. The highest BCUT2D eigenvalue weighted by Gasteiger charge is 2.00. The van der Waals surface area contributed by atoms with Gasteiger partial charge in [-0.25, -0.2) is 0 Å². The largest absolute Gasteiger partial charge is 0.504 e. The van der Waals surface area contributed by atoms with Crippen molar-refractivity contribution in [3.8, 4) is 11.5 Å². The van der Waals surface area contributed by atoms with E-state index in [0.29, 0.717) is 24.2 Å². The molecule has 0 fully saturated rings. The predicted octanol–water partition coefficient (Wildman–Crippen LogP) is 2.99. The van der Waals surface area contributed by atoms with Gasteiger partial charge in [0, 0.05) is 18.1 Å². The fourth-order valence-corrected chi connectivity index (χ4v) is 1.52. The summed E-state index contributed by atoms with van der Waals surface area (Å²) in [6.07, 6.45) is 4.98. The van der Waals surface area contributed by atoms with Gasteiger partial charge in [-0.2, -0.15) is 0 Å². The summed E-state index contributed by atoms with van der Waals surface area (Å²) in [6.45, 7) is 0.322. The van der Waals surface area contributed by atoms with Crippen molar-refractivity contribution < 1.29 is 19.7 Å². The third-order valence-corrected chi connectivity index (χ3v) is 2.65. The molecule has 108 valence electrons. The normalized spacial score (nSPS) is 9.42. The third kappa shape index (κ3) is 8.46. The molecule has 0 spiro atoms. The summed E-state index contributed by atoms with van der Waals surface area (Å²) < 4.78 is 4.78. The Morgan fingerprint density at radius 1 is 1.26 bits per heavy atom. The minimum absolute atomic E-state index is 0.0399. The molecule has 0 radical (unpaired) electrons. The Labute approximate surface area is 119 Å². The number of aliphatic hydroxyl groups is 1. The molecule has 19 heavy (non-hydrogen) atoms. The van der Waals surface area contributed by atoms with Gasteiger partial charge in [0.2, 0.25) is 0 Å². The van der Waals surface area contributed by atoms with Crippen molar-refractivity contribution in [3.63, 3.8) is 0 Å². The second-order valence-corrected chi connectivity index (χ2v) is 4.25. The van der Waals surface area contributed by atoms with E-state index in [0.717, 1.165) is 31.6 Å². The number of carbonyl (C=O) groups excluding carboxylic acids is 1. The first kappa shape index (κ1) is 17.7. The molecule has 1 aromatic rings. The minimum Gasteiger partial charge on any atom is -0.504 e. The van der Waals surface area contributed by atoms with Crippen LogP contribution in [-0.2, 0) is 0 Å². The van der Waals surface area contributed by atoms with E-state index < -0.39 is 0 Å². The maximum absolute atomic E-state index is 10.2. The molecular formula is C14H21ClO4. The average molecular weight is 289 g/mol.